The van der Waals surface area contributed by atoms with Gasteiger partial charge in [-0.2, -0.15) is 0 Å². The first-order valence-electron chi connectivity index (χ1n) is 8.12. The Hall–Kier alpha value is -0.530. The topological polar surface area (TPSA) is 12.0 Å². The van der Waals surface area contributed by atoms with Gasteiger partial charge in [-0.1, -0.05) is 23.7 Å². The van der Waals surface area contributed by atoms with Gasteiger partial charge in [0.2, 0.25) is 0 Å². The zero-order valence-corrected chi connectivity index (χ0v) is 13.0. The van der Waals surface area contributed by atoms with Crippen molar-refractivity contribution in [1.82, 2.24) is 5.32 Å². The molecule has 0 spiro atoms. The number of aryl methyl sites for hydroxylation is 1. The molecule has 3 saturated carbocycles. The van der Waals surface area contributed by atoms with Crippen LogP contribution in [-0.2, 0) is 6.42 Å². The van der Waals surface area contributed by atoms with Crippen LogP contribution in [-0.4, -0.2) is 12.6 Å². The average molecular weight is 290 g/mol. The lowest BCUT2D eigenvalue weighted by atomic mass is 9.77. The van der Waals surface area contributed by atoms with E-state index in [1.54, 1.807) is 0 Å². The molecule has 0 heterocycles. The molecule has 2 unspecified atom stereocenters. The first-order chi connectivity index (χ1) is 9.63. The van der Waals surface area contributed by atoms with Crippen molar-refractivity contribution in [2.24, 2.45) is 17.3 Å². The van der Waals surface area contributed by atoms with Crippen LogP contribution < -0.4 is 5.32 Å². The summed E-state index contributed by atoms with van der Waals surface area (Å²) in [6, 6.07) is 7.39. The first-order valence-corrected chi connectivity index (χ1v) is 8.50. The fourth-order valence-electron chi connectivity index (χ4n) is 4.21. The number of nitrogens with one attached hydrogen (secondary N) is 1. The second kappa shape index (κ2) is 4.74. The summed E-state index contributed by atoms with van der Waals surface area (Å²) in [5, 5.41) is 4.76. The third kappa shape index (κ3) is 2.63. The molecule has 0 aliphatic heterocycles. The van der Waals surface area contributed by atoms with Crippen LogP contribution in [0.1, 0.15) is 43.2 Å². The van der Waals surface area contributed by atoms with Gasteiger partial charge < -0.3 is 5.32 Å². The van der Waals surface area contributed by atoms with Crippen molar-refractivity contribution in [1.29, 1.82) is 0 Å². The highest BCUT2D eigenvalue weighted by Crippen LogP contribution is 2.61. The molecular formula is C18H24ClN. The van der Waals surface area contributed by atoms with Crippen molar-refractivity contribution < 1.29 is 0 Å². The van der Waals surface area contributed by atoms with Gasteiger partial charge in [-0.25, -0.2) is 0 Å². The summed E-state index contributed by atoms with van der Waals surface area (Å²) >= 11 is 6.47. The molecule has 2 atom stereocenters. The second-order valence-electron chi connectivity index (χ2n) is 7.59. The molecule has 0 saturated heterocycles. The fourth-order valence-corrected chi connectivity index (χ4v) is 4.51. The van der Waals surface area contributed by atoms with Crippen LogP contribution in [0.25, 0.3) is 0 Å². The molecule has 1 aromatic carbocycles. The first kappa shape index (κ1) is 13.2. The van der Waals surface area contributed by atoms with E-state index < -0.39 is 0 Å². The average Bonchev–Trinajstić information content (AvgIpc) is 3.32. The van der Waals surface area contributed by atoms with Gasteiger partial charge in [0.05, 0.1) is 0 Å². The van der Waals surface area contributed by atoms with E-state index in [1.807, 2.05) is 0 Å². The van der Waals surface area contributed by atoms with Crippen LogP contribution in [0.15, 0.2) is 18.2 Å². The minimum absolute atomic E-state index is 0.481. The van der Waals surface area contributed by atoms with Crippen molar-refractivity contribution >= 4 is 11.6 Å². The predicted molar refractivity (Wildman–Crippen MR) is 84.2 cm³/mol. The summed E-state index contributed by atoms with van der Waals surface area (Å²) in [5.41, 5.74) is 3.10. The summed E-state index contributed by atoms with van der Waals surface area (Å²) in [5.74, 6) is 2.06. The standard InChI is InChI=1S/C18H24ClN/c1-12-2-3-13(17(19)6-12)8-18(11-20-16-4-5-16)9-14-7-15(14)10-18/h2-3,6,14-16,20H,4-5,7-11H2,1H3. The Morgan fingerprint density at radius 2 is 2.00 bits per heavy atom. The molecule has 1 aromatic rings. The third-order valence-corrected chi connectivity index (χ3v) is 5.93. The molecule has 4 rings (SSSR count). The highest BCUT2D eigenvalue weighted by molar-refractivity contribution is 6.31. The normalized spacial score (nSPS) is 35.1. The quantitative estimate of drug-likeness (QED) is 0.849. The monoisotopic (exact) mass is 289 g/mol. The number of rotatable bonds is 5. The molecule has 3 fully saturated rings. The maximum atomic E-state index is 6.47. The smallest absolute Gasteiger partial charge is 0.0440 e. The van der Waals surface area contributed by atoms with Crippen LogP contribution in [0.4, 0.5) is 0 Å². The molecule has 0 amide bonds. The van der Waals surface area contributed by atoms with E-state index in [-0.39, 0.29) is 0 Å². The van der Waals surface area contributed by atoms with Gasteiger partial charge in [0, 0.05) is 17.6 Å². The highest BCUT2D eigenvalue weighted by Gasteiger charge is 2.53. The maximum Gasteiger partial charge on any atom is 0.0440 e. The van der Waals surface area contributed by atoms with Gasteiger partial charge >= 0.3 is 0 Å². The summed E-state index contributed by atoms with van der Waals surface area (Å²) in [6.07, 6.45) is 8.26. The molecule has 1 nitrogen and oxygen atoms in total. The Balaban J connectivity index is 1.51. The highest BCUT2D eigenvalue weighted by atomic mass is 35.5. The van der Waals surface area contributed by atoms with Crippen molar-refractivity contribution in [2.45, 2.75) is 51.5 Å². The molecule has 0 aromatic heterocycles. The lowest BCUT2D eigenvalue weighted by Gasteiger charge is -2.32. The van der Waals surface area contributed by atoms with Gasteiger partial charge in [0.25, 0.3) is 0 Å². The Morgan fingerprint density at radius 3 is 2.65 bits per heavy atom. The number of fused-ring (bicyclic) bond motifs is 1. The Bertz CT molecular complexity index is 510. The lowest BCUT2D eigenvalue weighted by Crippen LogP contribution is -2.36. The lowest BCUT2D eigenvalue weighted by molar-refractivity contribution is 0.247. The third-order valence-electron chi connectivity index (χ3n) is 5.58. The molecule has 20 heavy (non-hydrogen) atoms. The van der Waals surface area contributed by atoms with E-state index in [1.165, 1.54) is 56.2 Å². The van der Waals surface area contributed by atoms with Crippen molar-refractivity contribution in [2.75, 3.05) is 6.54 Å². The van der Waals surface area contributed by atoms with E-state index in [0.717, 1.165) is 22.9 Å². The summed E-state index contributed by atoms with van der Waals surface area (Å²) in [4.78, 5) is 0. The minimum atomic E-state index is 0.481. The van der Waals surface area contributed by atoms with Crippen LogP contribution in [0.3, 0.4) is 0 Å². The van der Waals surface area contributed by atoms with Gasteiger partial charge in [0.1, 0.15) is 0 Å². The molecule has 3 aliphatic rings. The van der Waals surface area contributed by atoms with E-state index >= 15 is 0 Å². The van der Waals surface area contributed by atoms with E-state index in [0.29, 0.717) is 5.41 Å². The van der Waals surface area contributed by atoms with Crippen LogP contribution in [0.2, 0.25) is 5.02 Å². The van der Waals surface area contributed by atoms with E-state index in [4.69, 9.17) is 11.6 Å². The number of hydrogen-bond donors (Lipinski definition) is 1. The molecular weight excluding hydrogens is 266 g/mol. The molecule has 3 aliphatic carbocycles. The summed E-state index contributed by atoms with van der Waals surface area (Å²) < 4.78 is 0. The Morgan fingerprint density at radius 1 is 1.25 bits per heavy atom. The maximum absolute atomic E-state index is 6.47. The van der Waals surface area contributed by atoms with Gasteiger partial charge in [-0.3, -0.25) is 0 Å². The largest absolute Gasteiger partial charge is 0.313 e. The molecule has 2 heteroatoms. The van der Waals surface area contributed by atoms with Crippen LogP contribution in [0.5, 0.6) is 0 Å². The van der Waals surface area contributed by atoms with E-state index in [2.05, 4.69) is 30.4 Å². The van der Waals surface area contributed by atoms with Crippen molar-refractivity contribution in [3.63, 3.8) is 0 Å². The second-order valence-corrected chi connectivity index (χ2v) is 8.00. The number of hydrogen-bond acceptors (Lipinski definition) is 1. The predicted octanol–water partition coefficient (Wildman–Crippen LogP) is 4.36. The van der Waals surface area contributed by atoms with Crippen molar-refractivity contribution in [3.05, 3.63) is 34.3 Å². The fraction of sp³-hybridized carbons (Fsp3) is 0.667. The Kier molecular flexibility index (Phi) is 3.12. The number of benzene rings is 1. The minimum Gasteiger partial charge on any atom is -0.313 e. The van der Waals surface area contributed by atoms with Crippen LogP contribution in [0, 0.1) is 24.2 Å². The zero-order valence-electron chi connectivity index (χ0n) is 12.3. The molecule has 0 bridgehead atoms. The summed E-state index contributed by atoms with van der Waals surface area (Å²) in [6.45, 7) is 3.32. The summed E-state index contributed by atoms with van der Waals surface area (Å²) in [7, 11) is 0. The SMILES string of the molecule is Cc1ccc(CC2(CNC3CC3)CC3CC3C2)c(Cl)c1. The molecule has 108 valence electrons. The molecule has 1 N–H and O–H groups in total. The van der Waals surface area contributed by atoms with Gasteiger partial charge in [-0.05, 0) is 79.9 Å². The number of halogens is 1. The van der Waals surface area contributed by atoms with Gasteiger partial charge in [0.15, 0.2) is 0 Å². The van der Waals surface area contributed by atoms with Crippen LogP contribution >= 0.6 is 11.6 Å². The van der Waals surface area contributed by atoms with Gasteiger partial charge in [-0.15, -0.1) is 0 Å². The van der Waals surface area contributed by atoms with E-state index in [9.17, 15) is 0 Å². The molecule has 0 radical (unpaired) electrons. The zero-order chi connectivity index (χ0) is 13.7. The Labute approximate surface area is 127 Å². The van der Waals surface area contributed by atoms with Crippen molar-refractivity contribution in [3.8, 4) is 0 Å².